The molecule has 0 unspecified atom stereocenters. The fourth-order valence-electron chi connectivity index (χ4n) is 2.60. The van der Waals surface area contributed by atoms with Gasteiger partial charge in [-0.1, -0.05) is 18.2 Å². The van der Waals surface area contributed by atoms with Gasteiger partial charge in [0, 0.05) is 19.4 Å². The fraction of sp³-hybridized carbons (Fsp3) is 0.176. The third-order valence-corrected chi connectivity index (χ3v) is 4.01. The molecule has 0 saturated carbocycles. The van der Waals surface area contributed by atoms with Crippen LogP contribution >= 0.6 is 0 Å². The van der Waals surface area contributed by atoms with Gasteiger partial charge in [-0.3, -0.25) is 9.20 Å². The number of nitrogens with zero attached hydrogens (tertiary/aromatic N) is 6. The Morgan fingerprint density at radius 2 is 2.00 bits per heavy atom. The van der Waals surface area contributed by atoms with Crippen LogP contribution in [0.25, 0.3) is 11.3 Å². The molecule has 0 amide bonds. The molecule has 4 aromatic rings. The Labute approximate surface area is 142 Å². The quantitative estimate of drug-likeness (QED) is 0.564. The zero-order valence-corrected chi connectivity index (χ0v) is 13.8. The molecule has 3 aromatic heterocycles. The highest BCUT2D eigenvalue weighted by molar-refractivity contribution is 5.40. The molecule has 0 N–H and O–H groups in total. The number of rotatable bonds is 4. The number of para-hydroxylation sites is 1. The number of ether oxygens (including phenoxy) is 1. The Hall–Kier alpha value is -3.42. The van der Waals surface area contributed by atoms with E-state index in [1.165, 1.54) is 4.57 Å². The van der Waals surface area contributed by atoms with E-state index in [0.29, 0.717) is 11.6 Å². The number of fused-ring (bicyclic) bond motifs is 1. The summed E-state index contributed by atoms with van der Waals surface area (Å²) in [6.07, 6.45) is 6.86. The van der Waals surface area contributed by atoms with E-state index in [1.807, 2.05) is 37.4 Å². The van der Waals surface area contributed by atoms with E-state index in [-0.39, 0.29) is 17.8 Å². The molecular weight excluding hydrogens is 320 g/mol. The molecule has 4 rings (SSSR count). The minimum Gasteiger partial charge on any atom is -0.482 e. The first-order valence-electron chi connectivity index (χ1n) is 7.76. The average Bonchev–Trinajstić information content (AvgIpc) is 3.24. The van der Waals surface area contributed by atoms with Crippen molar-refractivity contribution in [2.75, 3.05) is 0 Å². The van der Waals surface area contributed by atoms with Crippen LogP contribution in [0.2, 0.25) is 0 Å². The molecule has 0 fully saturated rings. The molecule has 3 heterocycles. The van der Waals surface area contributed by atoms with Gasteiger partial charge in [0.2, 0.25) is 5.65 Å². The average molecular weight is 336 g/mol. The van der Waals surface area contributed by atoms with Crippen LogP contribution < -0.4 is 10.3 Å². The van der Waals surface area contributed by atoms with Crippen LogP contribution in [-0.2, 0) is 13.7 Å². The van der Waals surface area contributed by atoms with Gasteiger partial charge in [0.05, 0.1) is 18.1 Å². The zero-order chi connectivity index (χ0) is 17.4. The van der Waals surface area contributed by atoms with Gasteiger partial charge in [-0.2, -0.15) is 5.10 Å². The summed E-state index contributed by atoms with van der Waals surface area (Å²) in [5, 5.41) is 12.3. The van der Waals surface area contributed by atoms with Crippen LogP contribution in [0.3, 0.4) is 0 Å². The van der Waals surface area contributed by atoms with E-state index in [9.17, 15) is 4.79 Å². The van der Waals surface area contributed by atoms with Crippen molar-refractivity contribution < 1.29 is 4.74 Å². The van der Waals surface area contributed by atoms with E-state index >= 15 is 0 Å². The molecule has 0 aliphatic rings. The normalized spacial score (nSPS) is 11.1. The highest BCUT2D eigenvalue weighted by Gasteiger charge is 2.11. The van der Waals surface area contributed by atoms with Crippen LogP contribution in [-0.4, -0.2) is 28.9 Å². The van der Waals surface area contributed by atoms with E-state index in [2.05, 4.69) is 15.3 Å². The molecule has 1 aromatic carbocycles. The molecule has 0 radical (unpaired) electrons. The predicted molar refractivity (Wildman–Crippen MR) is 90.9 cm³/mol. The fourth-order valence-corrected chi connectivity index (χ4v) is 2.60. The monoisotopic (exact) mass is 336 g/mol. The first kappa shape index (κ1) is 15.1. The third kappa shape index (κ3) is 2.67. The lowest BCUT2D eigenvalue weighted by molar-refractivity contribution is 0.294. The zero-order valence-electron chi connectivity index (χ0n) is 13.8. The van der Waals surface area contributed by atoms with Crippen molar-refractivity contribution >= 4 is 5.65 Å². The molecule has 0 saturated heterocycles. The second kappa shape index (κ2) is 5.90. The van der Waals surface area contributed by atoms with Gasteiger partial charge < -0.3 is 9.30 Å². The largest absolute Gasteiger partial charge is 0.482 e. The summed E-state index contributed by atoms with van der Waals surface area (Å²) < 4.78 is 10.6. The van der Waals surface area contributed by atoms with Gasteiger partial charge >= 0.3 is 0 Å². The Kier molecular flexibility index (Phi) is 3.57. The first-order chi connectivity index (χ1) is 12.1. The maximum absolute atomic E-state index is 12.0. The number of benzene rings is 1. The SMILES string of the molecule is Cc1ccccc1-n1cc(OCc2nnc3c(=O)n(C)ccn23)cn1. The van der Waals surface area contributed by atoms with Gasteiger partial charge in [0.25, 0.3) is 5.56 Å². The second-order valence-electron chi connectivity index (χ2n) is 5.72. The molecule has 0 aliphatic heterocycles. The van der Waals surface area contributed by atoms with E-state index < -0.39 is 0 Å². The Balaban J connectivity index is 1.56. The van der Waals surface area contributed by atoms with Crippen LogP contribution in [0, 0.1) is 6.92 Å². The summed E-state index contributed by atoms with van der Waals surface area (Å²) in [5.41, 5.74) is 2.19. The van der Waals surface area contributed by atoms with E-state index in [4.69, 9.17) is 4.74 Å². The van der Waals surface area contributed by atoms with Crippen molar-refractivity contribution in [3.05, 3.63) is 70.8 Å². The number of hydrogen-bond donors (Lipinski definition) is 0. The van der Waals surface area contributed by atoms with Gasteiger partial charge in [-0.05, 0) is 18.6 Å². The molecule has 0 spiro atoms. The van der Waals surface area contributed by atoms with Crippen molar-refractivity contribution in [1.82, 2.24) is 28.9 Å². The molecule has 0 atom stereocenters. The van der Waals surface area contributed by atoms with Crippen molar-refractivity contribution in [3.8, 4) is 11.4 Å². The van der Waals surface area contributed by atoms with E-state index in [1.54, 1.807) is 34.7 Å². The maximum Gasteiger partial charge on any atom is 0.295 e. The van der Waals surface area contributed by atoms with Crippen LogP contribution in [0.15, 0.2) is 53.8 Å². The summed E-state index contributed by atoms with van der Waals surface area (Å²) in [7, 11) is 1.67. The lowest BCUT2D eigenvalue weighted by atomic mass is 10.2. The van der Waals surface area contributed by atoms with E-state index in [0.717, 1.165) is 11.3 Å². The minimum atomic E-state index is -0.200. The van der Waals surface area contributed by atoms with Crippen molar-refractivity contribution in [1.29, 1.82) is 0 Å². The van der Waals surface area contributed by atoms with Crippen molar-refractivity contribution in [2.24, 2.45) is 7.05 Å². The predicted octanol–water partition coefficient (Wildman–Crippen LogP) is 1.50. The first-order valence-corrected chi connectivity index (χ1v) is 7.76. The third-order valence-electron chi connectivity index (χ3n) is 4.01. The summed E-state index contributed by atoms with van der Waals surface area (Å²) in [6.45, 7) is 2.22. The summed E-state index contributed by atoms with van der Waals surface area (Å²) in [4.78, 5) is 12.0. The molecule has 8 nitrogen and oxygen atoms in total. The van der Waals surface area contributed by atoms with Gasteiger partial charge in [0.15, 0.2) is 11.6 Å². The van der Waals surface area contributed by atoms with Gasteiger partial charge in [-0.25, -0.2) is 4.68 Å². The molecule has 8 heteroatoms. The number of aromatic nitrogens is 6. The molecular formula is C17H16N6O2. The summed E-state index contributed by atoms with van der Waals surface area (Å²) in [6, 6.07) is 7.97. The summed E-state index contributed by atoms with van der Waals surface area (Å²) >= 11 is 0. The summed E-state index contributed by atoms with van der Waals surface area (Å²) in [5.74, 6) is 1.17. The Morgan fingerprint density at radius 1 is 1.16 bits per heavy atom. The molecule has 0 aliphatic carbocycles. The lowest BCUT2D eigenvalue weighted by Crippen LogP contribution is -2.18. The van der Waals surface area contributed by atoms with Crippen LogP contribution in [0.4, 0.5) is 0 Å². The standard InChI is InChI=1S/C17H16N6O2/c1-12-5-3-4-6-14(12)23-10-13(9-18-23)25-11-15-19-20-16-17(24)21(2)7-8-22(15)16/h3-10H,11H2,1-2H3. The van der Waals surface area contributed by atoms with Crippen LogP contribution in [0.1, 0.15) is 11.4 Å². The molecule has 25 heavy (non-hydrogen) atoms. The van der Waals surface area contributed by atoms with Gasteiger partial charge in [-0.15, -0.1) is 10.2 Å². The molecule has 126 valence electrons. The number of hydrogen-bond acceptors (Lipinski definition) is 5. The van der Waals surface area contributed by atoms with Crippen molar-refractivity contribution in [3.63, 3.8) is 0 Å². The Bertz CT molecular complexity index is 1110. The number of aryl methyl sites for hydroxylation is 2. The Morgan fingerprint density at radius 3 is 2.84 bits per heavy atom. The second-order valence-corrected chi connectivity index (χ2v) is 5.72. The lowest BCUT2D eigenvalue weighted by Gasteiger charge is -2.05. The smallest absolute Gasteiger partial charge is 0.295 e. The van der Waals surface area contributed by atoms with Crippen molar-refractivity contribution in [2.45, 2.75) is 13.5 Å². The highest BCUT2D eigenvalue weighted by Crippen LogP contribution is 2.17. The highest BCUT2D eigenvalue weighted by atomic mass is 16.5. The molecule has 0 bridgehead atoms. The topological polar surface area (TPSA) is 79.2 Å². The maximum atomic E-state index is 12.0. The minimum absolute atomic E-state index is 0.188. The van der Waals surface area contributed by atoms with Gasteiger partial charge in [0.1, 0.15) is 6.61 Å². The van der Waals surface area contributed by atoms with Crippen LogP contribution in [0.5, 0.6) is 5.75 Å².